The first kappa shape index (κ1) is 51.6. The number of fused-ring (bicyclic) bond motifs is 6. The molecule has 74 heavy (non-hydrogen) atoms. The summed E-state index contributed by atoms with van der Waals surface area (Å²) in [4.78, 5) is 61.5. The van der Waals surface area contributed by atoms with E-state index in [1.165, 1.54) is 29.2 Å². The lowest BCUT2D eigenvalue weighted by atomic mass is 9.82. The lowest BCUT2D eigenvalue weighted by Gasteiger charge is -2.51. The molecule has 6 atom stereocenters. The van der Waals surface area contributed by atoms with Gasteiger partial charge in [0.15, 0.2) is 0 Å². The predicted molar refractivity (Wildman–Crippen MR) is 284 cm³/mol. The molecule has 3 aromatic heterocycles. The van der Waals surface area contributed by atoms with Gasteiger partial charge in [-0.05, 0) is 88.0 Å². The number of likely N-dealkylation sites (tertiary alicyclic amines) is 1. The van der Waals surface area contributed by atoms with Crippen LogP contribution in [0.5, 0.6) is 0 Å². The molecular formula is C56H77N9O8S. The van der Waals surface area contributed by atoms with Gasteiger partial charge in [0.1, 0.15) is 23.2 Å². The number of methoxy groups -OCH3 is 1. The van der Waals surface area contributed by atoms with E-state index in [2.05, 4.69) is 94.3 Å². The van der Waals surface area contributed by atoms with Crippen LogP contribution in [-0.4, -0.2) is 163 Å². The third kappa shape index (κ3) is 10.8. The zero-order valence-electron chi connectivity index (χ0n) is 44.5. The molecule has 1 aromatic carbocycles. The number of cyclic esters (lactones) is 1. The summed E-state index contributed by atoms with van der Waals surface area (Å²) in [6.45, 7) is 21.1. The Hall–Kier alpha value is -4.53. The number of benzene rings is 1. The second-order valence-corrected chi connectivity index (χ2v) is 24.5. The fourth-order valence-corrected chi connectivity index (χ4v) is 13.3. The maximum atomic E-state index is 15.1. The highest BCUT2D eigenvalue weighted by molar-refractivity contribution is 7.10. The number of nitrogens with one attached hydrogen (secondary N) is 2. The maximum absolute atomic E-state index is 15.1. The van der Waals surface area contributed by atoms with Crippen molar-refractivity contribution in [2.24, 2.45) is 10.8 Å². The highest BCUT2D eigenvalue weighted by Gasteiger charge is 2.49. The number of aromatic nitrogens is 3. The number of thiazole rings is 1. The second kappa shape index (κ2) is 21.1. The fraction of sp³-hybridized carbons (Fsp3) is 0.661. The predicted octanol–water partition coefficient (Wildman–Crippen LogP) is 6.68. The number of pyridine rings is 1. The molecule has 11 rings (SSSR count). The van der Waals surface area contributed by atoms with Crippen molar-refractivity contribution in [2.75, 3.05) is 84.3 Å². The van der Waals surface area contributed by atoms with Crippen molar-refractivity contribution in [2.45, 2.75) is 148 Å². The SMILES string of the molecule is CO[C@@H](C)c1ncc(N2CCN(C3CC3)CC2)cc1-c1c2c3cc(ccc3n1CCOC1CCOCC1)-c1csc(n1)[C@@H](N1CC(C)(C)C1)[C@H](NC(=O)[C@@H]1C[C@@H](C)O1)C(=O)N1CCC[C@H](N1)C(=O)OCC(C)(C)C2. The topological polar surface area (TPSA) is 165 Å². The average molecular weight is 1040 g/mol. The van der Waals surface area contributed by atoms with Gasteiger partial charge in [0.2, 0.25) is 5.91 Å². The van der Waals surface area contributed by atoms with Crippen LogP contribution < -0.4 is 15.6 Å². The van der Waals surface area contributed by atoms with Gasteiger partial charge in [-0.15, -0.1) is 11.3 Å². The molecule has 4 aromatic rings. The summed E-state index contributed by atoms with van der Waals surface area (Å²) in [5, 5.41) is 8.58. The third-order valence-corrected chi connectivity index (χ3v) is 17.4. The summed E-state index contributed by atoms with van der Waals surface area (Å²) >= 11 is 1.51. The summed E-state index contributed by atoms with van der Waals surface area (Å²) < 4.78 is 33.1. The number of anilines is 1. The van der Waals surface area contributed by atoms with Gasteiger partial charge in [0, 0.05) is 118 Å². The van der Waals surface area contributed by atoms with Crippen LogP contribution in [0.1, 0.15) is 115 Å². The lowest BCUT2D eigenvalue weighted by molar-refractivity contribution is -0.164. The number of carbonyl (C=O) groups excluding carboxylic acids is 3. The number of nitrogens with zero attached hydrogens (tertiary/aromatic N) is 7. The van der Waals surface area contributed by atoms with Crippen molar-refractivity contribution in [3.63, 3.8) is 0 Å². The molecule has 17 nitrogen and oxygen atoms in total. The first-order chi connectivity index (χ1) is 35.6. The Bertz CT molecular complexity index is 2690. The van der Waals surface area contributed by atoms with E-state index >= 15 is 4.79 Å². The van der Waals surface area contributed by atoms with Crippen molar-refractivity contribution in [1.82, 2.24) is 40.1 Å². The molecule has 1 aliphatic carbocycles. The van der Waals surface area contributed by atoms with Crippen LogP contribution in [0.3, 0.4) is 0 Å². The standard InChI is InChI=1S/C56H77N9O8S/c1-34-25-46(73-34)51(66)59-48-50(63-31-56(5,6)32-63)52-58-44(30-74-52)36-10-13-45-40(26-36)42(28-55(3,4)33-72-54(68)43-9-8-16-65(60-43)53(48)67)49(64(45)21-24-71-39-14-22-70-23-15-39)41-27-38(29-57-47(41)35(2)69-7)62-19-17-61(18-20-62)37-11-12-37/h10,13,26-27,29-30,34-35,37,39,43,46,48,50,60H,8-9,11-12,14-25,28,31-33H2,1-7H3,(H,59,66)/t34-,35+,43+,46+,48+,50+/m1/s1. The molecule has 9 heterocycles. The molecule has 0 spiro atoms. The minimum Gasteiger partial charge on any atom is -0.464 e. The number of hydrogen-bond acceptors (Lipinski definition) is 15. The summed E-state index contributed by atoms with van der Waals surface area (Å²) in [5.74, 6) is -1.06. The smallest absolute Gasteiger partial charge is 0.324 e. The first-order valence-electron chi connectivity index (χ1n) is 27.4. The van der Waals surface area contributed by atoms with Gasteiger partial charge in [-0.2, -0.15) is 0 Å². The van der Waals surface area contributed by atoms with Gasteiger partial charge < -0.3 is 38.5 Å². The van der Waals surface area contributed by atoms with E-state index in [4.69, 9.17) is 33.7 Å². The van der Waals surface area contributed by atoms with Gasteiger partial charge in [-0.25, -0.2) is 10.4 Å². The zero-order chi connectivity index (χ0) is 51.5. The van der Waals surface area contributed by atoms with Crippen LogP contribution in [0.25, 0.3) is 33.4 Å². The Morgan fingerprint density at radius 1 is 0.986 bits per heavy atom. The quantitative estimate of drug-likeness (QED) is 0.144. The number of carbonyl (C=O) groups is 3. The highest BCUT2D eigenvalue weighted by Crippen LogP contribution is 2.45. The van der Waals surface area contributed by atoms with E-state index < -0.39 is 35.6 Å². The average Bonchev–Trinajstić information content (AvgIpc) is 4.06. The minimum atomic E-state index is -1.01. The third-order valence-electron chi connectivity index (χ3n) is 16.5. The van der Waals surface area contributed by atoms with Crippen molar-refractivity contribution < 1.29 is 38.1 Å². The summed E-state index contributed by atoms with van der Waals surface area (Å²) in [7, 11) is 1.74. The van der Waals surface area contributed by atoms with Crippen LogP contribution in [-0.2, 0) is 51.0 Å². The van der Waals surface area contributed by atoms with Crippen molar-refractivity contribution >= 4 is 45.7 Å². The van der Waals surface area contributed by atoms with E-state index in [0.29, 0.717) is 71.7 Å². The maximum Gasteiger partial charge on any atom is 0.324 e. The number of amides is 2. The van der Waals surface area contributed by atoms with Crippen LogP contribution in [0, 0.1) is 10.8 Å². The summed E-state index contributed by atoms with van der Waals surface area (Å²) in [6.07, 6.45) is 7.73. The number of esters is 1. The molecule has 6 bridgehead atoms. The van der Waals surface area contributed by atoms with Crippen molar-refractivity contribution in [3.05, 3.63) is 52.1 Å². The fourth-order valence-electron chi connectivity index (χ4n) is 12.3. The molecule has 7 aliphatic rings. The minimum absolute atomic E-state index is 0.00532. The van der Waals surface area contributed by atoms with E-state index in [1.54, 1.807) is 7.11 Å². The van der Waals surface area contributed by atoms with Crippen LogP contribution in [0.15, 0.2) is 35.8 Å². The van der Waals surface area contributed by atoms with E-state index in [1.807, 2.05) is 13.1 Å². The van der Waals surface area contributed by atoms with Crippen molar-refractivity contribution in [1.29, 1.82) is 0 Å². The zero-order valence-corrected chi connectivity index (χ0v) is 45.3. The number of ether oxygens (including phenoxy) is 5. The van der Waals surface area contributed by atoms with E-state index in [9.17, 15) is 9.59 Å². The number of hydrogen-bond donors (Lipinski definition) is 2. The molecule has 1 saturated carbocycles. The molecule has 0 unspecified atom stereocenters. The van der Waals surface area contributed by atoms with E-state index in [-0.39, 0.29) is 42.1 Å². The Kier molecular flexibility index (Phi) is 14.7. The Morgan fingerprint density at radius 2 is 1.76 bits per heavy atom. The molecule has 0 radical (unpaired) electrons. The normalized spacial score (nSPS) is 27.5. The lowest BCUT2D eigenvalue weighted by Crippen LogP contribution is -2.66. The molecule has 18 heteroatoms. The Labute approximate surface area is 439 Å². The molecule has 2 amide bonds. The van der Waals surface area contributed by atoms with Gasteiger partial charge in [-0.3, -0.25) is 34.2 Å². The molecule has 5 saturated heterocycles. The van der Waals surface area contributed by atoms with Gasteiger partial charge in [-0.1, -0.05) is 33.8 Å². The molecule has 400 valence electrons. The van der Waals surface area contributed by atoms with Crippen LogP contribution in [0.4, 0.5) is 5.69 Å². The largest absolute Gasteiger partial charge is 0.464 e. The monoisotopic (exact) mass is 1040 g/mol. The van der Waals surface area contributed by atoms with E-state index in [0.717, 1.165) is 100 Å². The molecule has 6 fully saturated rings. The van der Waals surface area contributed by atoms with Gasteiger partial charge in [0.25, 0.3) is 5.91 Å². The number of rotatable bonds is 12. The first-order valence-corrected chi connectivity index (χ1v) is 28.3. The molecule has 6 aliphatic heterocycles. The van der Waals surface area contributed by atoms with Crippen molar-refractivity contribution in [3.8, 4) is 22.5 Å². The molecule has 2 N–H and O–H groups in total. The van der Waals surface area contributed by atoms with Crippen LogP contribution >= 0.6 is 11.3 Å². The number of piperazine rings is 1. The van der Waals surface area contributed by atoms with Gasteiger partial charge >= 0.3 is 5.97 Å². The second-order valence-electron chi connectivity index (χ2n) is 23.7. The molecular weight excluding hydrogens is 959 g/mol. The Balaban J connectivity index is 1.06. The van der Waals surface area contributed by atoms with Gasteiger partial charge in [0.05, 0.1) is 66.5 Å². The summed E-state index contributed by atoms with van der Waals surface area (Å²) in [6, 6.07) is 7.35. The Morgan fingerprint density at radius 3 is 2.47 bits per heavy atom. The highest BCUT2D eigenvalue weighted by atomic mass is 32.1. The van der Waals surface area contributed by atoms with Crippen LogP contribution in [0.2, 0.25) is 0 Å². The number of hydrazine groups is 1. The summed E-state index contributed by atoms with van der Waals surface area (Å²) in [5.41, 5.74) is 10.6.